The number of thioether (sulfide) groups is 1. The first-order valence-corrected chi connectivity index (χ1v) is 8.70. The standard InChI is InChI=1S/C18H19N3OS/c1-12-11-21-17(13-6-5-7-14(10-13)22-2)16(20-18(21)23-12)15-8-3-4-9-19-15/h3-10,12,16-17H,11H2,1-2H3/t12-,16+,17-/m0/s1. The molecule has 1 aromatic carbocycles. The largest absolute Gasteiger partial charge is 0.497 e. The van der Waals surface area contributed by atoms with E-state index in [9.17, 15) is 0 Å². The van der Waals surface area contributed by atoms with Crippen LogP contribution in [0.4, 0.5) is 0 Å². The molecule has 1 fully saturated rings. The Bertz CT molecular complexity index is 734. The van der Waals surface area contributed by atoms with Crippen molar-refractivity contribution in [3.63, 3.8) is 0 Å². The van der Waals surface area contributed by atoms with E-state index in [1.165, 1.54) is 5.56 Å². The summed E-state index contributed by atoms with van der Waals surface area (Å²) >= 11 is 1.86. The van der Waals surface area contributed by atoms with E-state index in [1.807, 2.05) is 42.2 Å². The van der Waals surface area contributed by atoms with Crippen LogP contribution in [0, 0.1) is 0 Å². The van der Waals surface area contributed by atoms with Crippen molar-refractivity contribution in [2.45, 2.75) is 24.3 Å². The molecule has 4 rings (SSSR count). The number of aliphatic imine (C=N–C) groups is 1. The first kappa shape index (κ1) is 14.6. The predicted octanol–water partition coefficient (Wildman–Crippen LogP) is 3.68. The van der Waals surface area contributed by atoms with Gasteiger partial charge < -0.3 is 9.64 Å². The fourth-order valence-electron chi connectivity index (χ4n) is 3.30. The maximum absolute atomic E-state index is 5.41. The number of rotatable bonds is 3. The number of pyridine rings is 1. The van der Waals surface area contributed by atoms with Crippen LogP contribution in [0.15, 0.2) is 53.7 Å². The van der Waals surface area contributed by atoms with Gasteiger partial charge in [0.15, 0.2) is 5.17 Å². The second-order valence-electron chi connectivity index (χ2n) is 5.91. The average Bonchev–Trinajstić information content (AvgIpc) is 3.11. The minimum absolute atomic E-state index is 0.0401. The number of benzene rings is 1. The lowest BCUT2D eigenvalue weighted by Gasteiger charge is -2.27. The molecule has 1 aromatic heterocycles. The summed E-state index contributed by atoms with van der Waals surface area (Å²) in [6.07, 6.45) is 1.84. The number of hydrogen-bond donors (Lipinski definition) is 0. The van der Waals surface area contributed by atoms with Gasteiger partial charge in [0, 0.05) is 18.0 Å². The molecule has 0 aliphatic carbocycles. The van der Waals surface area contributed by atoms with Gasteiger partial charge in [0.05, 0.1) is 18.8 Å². The summed E-state index contributed by atoms with van der Waals surface area (Å²) in [7, 11) is 1.71. The van der Waals surface area contributed by atoms with Crippen LogP contribution in [0.25, 0.3) is 0 Å². The summed E-state index contributed by atoms with van der Waals surface area (Å²) < 4.78 is 5.41. The van der Waals surface area contributed by atoms with Gasteiger partial charge >= 0.3 is 0 Å². The molecule has 5 heteroatoms. The topological polar surface area (TPSA) is 37.7 Å². The van der Waals surface area contributed by atoms with Gasteiger partial charge in [-0.2, -0.15) is 0 Å². The van der Waals surface area contributed by atoms with E-state index in [0.717, 1.165) is 23.2 Å². The number of methoxy groups -OCH3 is 1. The molecule has 0 spiro atoms. The molecule has 0 radical (unpaired) electrons. The number of nitrogens with zero attached hydrogens (tertiary/aromatic N) is 3. The molecule has 0 amide bonds. The average molecular weight is 325 g/mol. The second-order valence-corrected chi connectivity index (χ2v) is 7.32. The van der Waals surface area contributed by atoms with Crippen molar-refractivity contribution < 1.29 is 4.74 Å². The zero-order chi connectivity index (χ0) is 15.8. The van der Waals surface area contributed by atoms with E-state index < -0.39 is 0 Å². The van der Waals surface area contributed by atoms with Crippen LogP contribution < -0.4 is 4.74 Å². The van der Waals surface area contributed by atoms with Crippen LogP contribution in [0.5, 0.6) is 5.75 Å². The second kappa shape index (κ2) is 5.89. The van der Waals surface area contributed by atoms with Crippen molar-refractivity contribution in [3.8, 4) is 5.75 Å². The number of hydrogen-bond acceptors (Lipinski definition) is 5. The Kier molecular flexibility index (Phi) is 3.73. The highest BCUT2D eigenvalue weighted by atomic mass is 32.2. The zero-order valence-corrected chi connectivity index (χ0v) is 14.0. The third-order valence-corrected chi connectivity index (χ3v) is 5.42. The fourth-order valence-corrected chi connectivity index (χ4v) is 4.40. The predicted molar refractivity (Wildman–Crippen MR) is 93.9 cm³/mol. The maximum atomic E-state index is 5.41. The Balaban J connectivity index is 1.77. The highest BCUT2D eigenvalue weighted by Gasteiger charge is 2.43. The van der Waals surface area contributed by atoms with Gasteiger partial charge in [0.25, 0.3) is 0 Å². The number of aromatic nitrogens is 1. The van der Waals surface area contributed by atoms with E-state index in [2.05, 4.69) is 35.0 Å². The molecule has 3 heterocycles. The highest BCUT2D eigenvalue weighted by molar-refractivity contribution is 8.14. The molecular weight excluding hydrogens is 306 g/mol. The minimum Gasteiger partial charge on any atom is -0.497 e. The van der Waals surface area contributed by atoms with E-state index in [-0.39, 0.29) is 12.1 Å². The molecule has 0 saturated carbocycles. The lowest BCUT2D eigenvalue weighted by molar-refractivity contribution is 0.320. The lowest BCUT2D eigenvalue weighted by Crippen LogP contribution is -2.28. The smallest absolute Gasteiger partial charge is 0.160 e. The normalized spacial score (nSPS) is 26.1. The quantitative estimate of drug-likeness (QED) is 0.863. The Morgan fingerprint density at radius 3 is 2.91 bits per heavy atom. The van der Waals surface area contributed by atoms with Crippen LogP contribution in [-0.4, -0.2) is 34.0 Å². The zero-order valence-electron chi connectivity index (χ0n) is 13.2. The molecule has 23 heavy (non-hydrogen) atoms. The molecular formula is C18H19N3OS. The summed E-state index contributed by atoms with van der Waals surface area (Å²) in [6.45, 7) is 3.28. The van der Waals surface area contributed by atoms with Crippen molar-refractivity contribution in [2.24, 2.45) is 4.99 Å². The molecule has 2 aromatic rings. The fraction of sp³-hybridized carbons (Fsp3) is 0.333. The van der Waals surface area contributed by atoms with Gasteiger partial charge in [0.2, 0.25) is 0 Å². The van der Waals surface area contributed by atoms with Crippen LogP contribution in [0.1, 0.15) is 30.3 Å². The molecule has 1 saturated heterocycles. The Morgan fingerprint density at radius 1 is 1.22 bits per heavy atom. The van der Waals surface area contributed by atoms with Crippen LogP contribution in [0.2, 0.25) is 0 Å². The summed E-state index contributed by atoms with van der Waals surface area (Å²) in [6, 6.07) is 14.6. The van der Waals surface area contributed by atoms with Crippen molar-refractivity contribution in [2.75, 3.05) is 13.7 Å². The minimum atomic E-state index is 0.0401. The van der Waals surface area contributed by atoms with E-state index in [4.69, 9.17) is 9.73 Å². The Labute approximate surface area is 140 Å². The summed E-state index contributed by atoms with van der Waals surface area (Å²) in [5.41, 5.74) is 2.25. The SMILES string of the molecule is COc1cccc([C@H]2[C@@H](c3ccccn3)N=C3S[C@@H](C)CN32)c1. The third-order valence-electron chi connectivity index (χ3n) is 4.32. The number of fused-ring (bicyclic) bond motifs is 1. The van der Waals surface area contributed by atoms with Gasteiger partial charge in [-0.1, -0.05) is 36.9 Å². The van der Waals surface area contributed by atoms with E-state index in [1.54, 1.807) is 7.11 Å². The van der Waals surface area contributed by atoms with Crippen LogP contribution in [0.3, 0.4) is 0 Å². The summed E-state index contributed by atoms with van der Waals surface area (Å²) in [5.74, 6) is 0.885. The first-order valence-electron chi connectivity index (χ1n) is 7.82. The van der Waals surface area contributed by atoms with Crippen LogP contribution in [-0.2, 0) is 0 Å². The molecule has 0 bridgehead atoms. The van der Waals surface area contributed by atoms with Gasteiger partial charge in [-0.3, -0.25) is 9.98 Å². The van der Waals surface area contributed by atoms with Crippen molar-refractivity contribution in [3.05, 3.63) is 59.9 Å². The molecule has 3 atom stereocenters. The van der Waals surface area contributed by atoms with Crippen molar-refractivity contribution in [1.82, 2.24) is 9.88 Å². The molecule has 118 valence electrons. The maximum Gasteiger partial charge on any atom is 0.160 e. The molecule has 2 aliphatic rings. The monoisotopic (exact) mass is 325 g/mol. The molecule has 0 unspecified atom stereocenters. The van der Waals surface area contributed by atoms with Crippen molar-refractivity contribution in [1.29, 1.82) is 0 Å². The van der Waals surface area contributed by atoms with E-state index >= 15 is 0 Å². The highest BCUT2D eigenvalue weighted by Crippen LogP contribution is 2.47. The third kappa shape index (κ3) is 2.59. The van der Waals surface area contributed by atoms with Crippen LogP contribution >= 0.6 is 11.8 Å². The van der Waals surface area contributed by atoms with Gasteiger partial charge in [-0.05, 0) is 29.8 Å². The first-order chi connectivity index (χ1) is 11.3. The lowest BCUT2D eigenvalue weighted by atomic mass is 9.96. The molecule has 2 aliphatic heterocycles. The summed E-state index contributed by atoms with van der Waals surface area (Å²) in [5, 5.41) is 1.72. The van der Waals surface area contributed by atoms with Gasteiger partial charge in [-0.15, -0.1) is 0 Å². The van der Waals surface area contributed by atoms with E-state index in [0.29, 0.717) is 5.25 Å². The summed E-state index contributed by atoms with van der Waals surface area (Å²) in [4.78, 5) is 12.0. The molecule has 0 N–H and O–H groups in total. The number of amidine groups is 1. The van der Waals surface area contributed by atoms with Gasteiger partial charge in [0.1, 0.15) is 11.8 Å². The Morgan fingerprint density at radius 2 is 2.13 bits per heavy atom. The molecule has 4 nitrogen and oxygen atoms in total. The van der Waals surface area contributed by atoms with Crippen molar-refractivity contribution >= 4 is 16.9 Å². The Hall–Kier alpha value is -2.01. The van der Waals surface area contributed by atoms with Gasteiger partial charge in [-0.25, -0.2) is 0 Å². The number of ether oxygens (including phenoxy) is 1.